The number of benzene rings is 1. The summed E-state index contributed by atoms with van der Waals surface area (Å²) < 4.78 is 0. The number of H-pyrrole nitrogens is 1. The molecule has 6 atom stereocenters. The predicted molar refractivity (Wildman–Crippen MR) is 192 cm³/mol. The number of nitrogens with one attached hydrogen (secondary N) is 6. The predicted octanol–water partition coefficient (Wildman–Crippen LogP) is -3.56. The van der Waals surface area contributed by atoms with Crippen molar-refractivity contribution in [2.45, 2.75) is 88.1 Å². The number of carboxylic acids is 3. The molecule has 15 N–H and O–H groups in total. The number of carbonyl (C=O) groups excluding carboxylic acids is 5. The largest absolute Gasteiger partial charge is 0.481 e. The highest BCUT2D eigenvalue weighted by Crippen LogP contribution is 2.09. The molecule has 55 heavy (non-hydrogen) atoms. The van der Waals surface area contributed by atoms with Crippen LogP contribution in [0.5, 0.6) is 0 Å². The van der Waals surface area contributed by atoms with Gasteiger partial charge in [-0.25, -0.2) is 9.78 Å². The van der Waals surface area contributed by atoms with Crippen LogP contribution in [-0.2, 0) is 51.2 Å². The van der Waals surface area contributed by atoms with Crippen molar-refractivity contribution in [3.05, 3.63) is 54.1 Å². The molecule has 0 aliphatic carbocycles. The standard InChI is InChI=1S/C33H47N11O11/c1-17(40-28(50)20(34)14-26(47)48)27(49)41-22(9-10-25(45)46)30(52)43-23(12-18-6-3-2-4-7-18)31(53)42-21(8-5-11-38-33(35)36)29(51)44-24(32(54)55)13-19-15-37-16-39-19/h2-4,6-7,15-17,20-24H,5,8-14,34H2,1H3,(H,37,39)(H,40,50)(H,41,49)(H,42,53)(H,43,52)(H,44,51)(H,45,46)(H,47,48)(H,54,55)(H4,35,36,38)/t17-,20-,21-,22-,23-,24-/m0/s1. The molecule has 0 saturated heterocycles. The lowest BCUT2D eigenvalue weighted by molar-refractivity contribution is -0.142. The molecule has 0 fully saturated rings. The summed E-state index contributed by atoms with van der Waals surface area (Å²) in [4.78, 5) is 111. The molecule has 22 nitrogen and oxygen atoms in total. The average molecular weight is 774 g/mol. The minimum Gasteiger partial charge on any atom is -0.481 e. The number of carboxylic acid groups (broad SMARTS) is 3. The smallest absolute Gasteiger partial charge is 0.326 e. The number of aromatic nitrogens is 2. The molecule has 0 unspecified atom stereocenters. The van der Waals surface area contributed by atoms with Gasteiger partial charge in [0.25, 0.3) is 0 Å². The Morgan fingerprint density at radius 3 is 1.89 bits per heavy atom. The zero-order valence-corrected chi connectivity index (χ0v) is 29.9. The van der Waals surface area contributed by atoms with Crippen molar-refractivity contribution in [3.63, 3.8) is 0 Å². The van der Waals surface area contributed by atoms with Crippen molar-refractivity contribution in [2.75, 3.05) is 6.54 Å². The Bertz CT molecular complexity index is 1670. The first-order valence-electron chi connectivity index (χ1n) is 17.0. The number of aliphatic carboxylic acids is 3. The molecule has 300 valence electrons. The maximum absolute atomic E-state index is 13.9. The van der Waals surface area contributed by atoms with Crippen LogP contribution in [-0.4, -0.2) is 121 Å². The summed E-state index contributed by atoms with van der Waals surface area (Å²) in [5.74, 6) is -8.93. The van der Waals surface area contributed by atoms with E-state index in [-0.39, 0.29) is 38.2 Å². The SMILES string of the molecule is C[C@H](NC(=O)[C@@H](N)CC(=O)O)C(=O)N[C@@H](CCC(=O)O)C(=O)N[C@@H](Cc1ccccc1)C(=O)N[C@@H](CCCN=C(N)N)C(=O)N[C@@H](Cc1cnc[nH]1)C(=O)O. The highest BCUT2D eigenvalue weighted by Gasteiger charge is 2.33. The van der Waals surface area contributed by atoms with Gasteiger partial charge in [0.15, 0.2) is 5.96 Å². The lowest BCUT2D eigenvalue weighted by atomic mass is 10.0. The fourth-order valence-corrected chi connectivity index (χ4v) is 4.96. The van der Waals surface area contributed by atoms with Crippen LogP contribution in [0.15, 0.2) is 47.8 Å². The van der Waals surface area contributed by atoms with Crippen LogP contribution in [0, 0.1) is 0 Å². The Hall–Kier alpha value is -6.58. The Balaban J connectivity index is 2.35. The van der Waals surface area contributed by atoms with E-state index in [4.69, 9.17) is 22.3 Å². The number of nitrogens with two attached hydrogens (primary N) is 3. The number of nitrogens with zero attached hydrogens (tertiary/aromatic N) is 2. The van der Waals surface area contributed by atoms with E-state index in [1.807, 2.05) is 0 Å². The van der Waals surface area contributed by atoms with Gasteiger partial charge in [-0.3, -0.25) is 38.6 Å². The van der Waals surface area contributed by atoms with Crippen molar-refractivity contribution < 1.29 is 53.7 Å². The van der Waals surface area contributed by atoms with E-state index in [0.717, 1.165) is 0 Å². The third-order valence-electron chi connectivity index (χ3n) is 7.85. The van der Waals surface area contributed by atoms with Gasteiger partial charge in [0.2, 0.25) is 29.5 Å². The van der Waals surface area contributed by atoms with Crippen LogP contribution < -0.4 is 43.8 Å². The first-order valence-corrected chi connectivity index (χ1v) is 17.0. The number of hydrogen-bond acceptors (Lipinski definition) is 11. The Morgan fingerprint density at radius 2 is 1.33 bits per heavy atom. The van der Waals surface area contributed by atoms with Crippen molar-refractivity contribution in [1.82, 2.24) is 36.6 Å². The van der Waals surface area contributed by atoms with Crippen LogP contribution in [0.1, 0.15) is 50.3 Å². The van der Waals surface area contributed by atoms with Gasteiger partial charge in [0.1, 0.15) is 30.2 Å². The third-order valence-corrected chi connectivity index (χ3v) is 7.85. The molecular weight excluding hydrogens is 726 g/mol. The van der Waals surface area contributed by atoms with E-state index in [1.165, 1.54) is 19.4 Å². The second kappa shape index (κ2) is 22.5. The van der Waals surface area contributed by atoms with Gasteiger partial charge < -0.3 is 64.1 Å². The number of guanidine groups is 1. The number of imidazole rings is 1. The van der Waals surface area contributed by atoms with Crippen LogP contribution >= 0.6 is 0 Å². The van der Waals surface area contributed by atoms with E-state index < -0.39 is 103 Å². The number of aliphatic imine (C=N–C) groups is 1. The summed E-state index contributed by atoms with van der Waals surface area (Å²) in [6.45, 7) is 1.28. The van der Waals surface area contributed by atoms with Crippen LogP contribution in [0.25, 0.3) is 0 Å². The summed E-state index contributed by atoms with van der Waals surface area (Å²) in [7, 11) is 0. The Labute approximate surface area is 314 Å². The van der Waals surface area contributed by atoms with E-state index in [0.29, 0.717) is 11.3 Å². The van der Waals surface area contributed by atoms with E-state index in [9.17, 15) is 48.6 Å². The second-order valence-corrected chi connectivity index (χ2v) is 12.4. The zero-order chi connectivity index (χ0) is 41.1. The number of hydrogen-bond donors (Lipinski definition) is 12. The van der Waals surface area contributed by atoms with Gasteiger partial charge in [0.05, 0.1) is 18.8 Å². The molecule has 0 aliphatic rings. The van der Waals surface area contributed by atoms with Crippen LogP contribution in [0.3, 0.4) is 0 Å². The summed E-state index contributed by atoms with van der Waals surface area (Å²) in [5.41, 5.74) is 17.3. The normalized spacial score (nSPS) is 14.0. The van der Waals surface area contributed by atoms with Gasteiger partial charge in [-0.05, 0) is 31.7 Å². The molecule has 0 bridgehead atoms. The molecule has 1 heterocycles. The Morgan fingerprint density at radius 1 is 0.745 bits per heavy atom. The van der Waals surface area contributed by atoms with Crippen LogP contribution in [0.2, 0.25) is 0 Å². The molecular formula is C33H47N11O11. The van der Waals surface area contributed by atoms with Crippen LogP contribution in [0.4, 0.5) is 0 Å². The molecule has 22 heteroatoms. The van der Waals surface area contributed by atoms with Crippen molar-refractivity contribution in [1.29, 1.82) is 0 Å². The fraction of sp³-hybridized carbons (Fsp3) is 0.455. The molecule has 2 rings (SSSR count). The van der Waals surface area contributed by atoms with E-state index >= 15 is 0 Å². The molecule has 5 amide bonds. The van der Waals surface area contributed by atoms with Gasteiger partial charge >= 0.3 is 17.9 Å². The molecule has 0 radical (unpaired) electrons. The minimum absolute atomic E-state index is 0.0536. The number of carbonyl (C=O) groups is 8. The molecule has 1 aromatic heterocycles. The van der Waals surface area contributed by atoms with E-state index in [1.54, 1.807) is 30.3 Å². The third kappa shape index (κ3) is 16.8. The summed E-state index contributed by atoms with van der Waals surface area (Å²) in [6, 6.07) is -0.248. The minimum atomic E-state index is -1.56. The Kier molecular flexibility index (Phi) is 18.2. The summed E-state index contributed by atoms with van der Waals surface area (Å²) >= 11 is 0. The van der Waals surface area contributed by atoms with Gasteiger partial charge in [0, 0.05) is 37.7 Å². The zero-order valence-electron chi connectivity index (χ0n) is 29.9. The molecule has 2 aromatic rings. The fourth-order valence-electron chi connectivity index (χ4n) is 4.96. The number of aromatic amines is 1. The first-order chi connectivity index (χ1) is 26.0. The molecule has 0 spiro atoms. The van der Waals surface area contributed by atoms with Crippen molar-refractivity contribution in [3.8, 4) is 0 Å². The molecule has 0 saturated carbocycles. The van der Waals surface area contributed by atoms with Gasteiger partial charge in [-0.2, -0.15) is 0 Å². The molecule has 1 aromatic carbocycles. The summed E-state index contributed by atoms with van der Waals surface area (Å²) in [6.07, 6.45) is 0.717. The van der Waals surface area contributed by atoms with Gasteiger partial charge in [-0.15, -0.1) is 0 Å². The quantitative estimate of drug-likeness (QED) is 0.0279. The van der Waals surface area contributed by atoms with Crippen molar-refractivity contribution >= 4 is 53.4 Å². The monoisotopic (exact) mass is 773 g/mol. The maximum Gasteiger partial charge on any atom is 0.326 e. The number of amides is 5. The van der Waals surface area contributed by atoms with Gasteiger partial charge in [-0.1, -0.05) is 30.3 Å². The average Bonchev–Trinajstić information content (AvgIpc) is 3.63. The second-order valence-electron chi connectivity index (χ2n) is 12.4. The first kappa shape index (κ1) is 44.6. The highest BCUT2D eigenvalue weighted by molar-refractivity contribution is 5.96. The summed E-state index contributed by atoms with van der Waals surface area (Å²) in [5, 5.41) is 40.0. The number of rotatable bonds is 24. The maximum atomic E-state index is 13.9. The lowest BCUT2D eigenvalue weighted by Crippen LogP contribution is -2.59. The highest BCUT2D eigenvalue weighted by atomic mass is 16.4. The molecule has 0 aliphatic heterocycles. The lowest BCUT2D eigenvalue weighted by Gasteiger charge is -2.26. The van der Waals surface area contributed by atoms with E-state index in [2.05, 4.69) is 41.5 Å². The van der Waals surface area contributed by atoms with Crippen molar-refractivity contribution in [2.24, 2.45) is 22.2 Å². The topological polar surface area (TPSA) is 376 Å².